The van der Waals surface area contributed by atoms with Crippen molar-refractivity contribution in [3.05, 3.63) is 35.1 Å². The smallest absolute Gasteiger partial charge is 0.254 e. The Hall–Kier alpha value is -1.49. The number of aryl methyl sites for hydroxylation is 1. The van der Waals surface area contributed by atoms with Gasteiger partial charge in [0.1, 0.15) is 5.82 Å². The van der Waals surface area contributed by atoms with Gasteiger partial charge in [0.15, 0.2) is 0 Å². The van der Waals surface area contributed by atoms with E-state index in [1.54, 1.807) is 24.0 Å². The lowest BCUT2D eigenvalue weighted by Gasteiger charge is -2.26. The molecule has 0 saturated heterocycles. The van der Waals surface area contributed by atoms with Gasteiger partial charge in [-0.1, -0.05) is 18.3 Å². The van der Waals surface area contributed by atoms with Gasteiger partial charge in [-0.25, -0.2) is 4.39 Å². The summed E-state index contributed by atoms with van der Waals surface area (Å²) in [6, 6.07) is 4.52. The molecule has 0 radical (unpaired) electrons. The van der Waals surface area contributed by atoms with Crippen molar-refractivity contribution in [2.45, 2.75) is 33.2 Å². The topological polar surface area (TPSA) is 46.3 Å². The third-order valence-electron chi connectivity index (χ3n) is 2.90. The van der Waals surface area contributed by atoms with Crippen LogP contribution in [0, 0.1) is 12.7 Å². The normalized spacial score (nSPS) is 10.6. The van der Waals surface area contributed by atoms with Crippen molar-refractivity contribution in [2.24, 2.45) is 5.73 Å². The summed E-state index contributed by atoms with van der Waals surface area (Å²) in [7, 11) is 0. The van der Waals surface area contributed by atoms with Crippen LogP contribution >= 0.6 is 12.2 Å². The molecule has 0 aliphatic carbocycles. The van der Waals surface area contributed by atoms with Crippen molar-refractivity contribution in [3.8, 4) is 0 Å². The molecule has 1 rings (SSSR count). The van der Waals surface area contributed by atoms with E-state index in [4.69, 9.17) is 18.0 Å². The number of hydrogen-bond donors (Lipinski definition) is 1. The molecule has 0 fully saturated rings. The highest BCUT2D eigenvalue weighted by Crippen LogP contribution is 2.13. The van der Waals surface area contributed by atoms with Crippen LogP contribution < -0.4 is 5.73 Å². The molecule has 0 aliphatic heterocycles. The Morgan fingerprint density at radius 1 is 1.47 bits per heavy atom. The third kappa shape index (κ3) is 4.28. The van der Waals surface area contributed by atoms with Gasteiger partial charge < -0.3 is 10.6 Å². The van der Waals surface area contributed by atoms with Crippen LogP contribution in [0.5, 0.6) is 0 Å². The van der Waals surface area contributed by atoms with Crippen molar-refractivity contribution in [2.75, 3.05) is 6.54 Å². The van der Waals surface area contributed by atoms with Gasteiger partial charge in [0.2, 0.25) is 0 Å². The van der Waals surface area contributed by atoms with E-state index in [9.17, 15) is 9.18 Å². The molecule has 3 nitrogen and oxygen atoms in total. The highest BCUT2D eigenvalue weighted by Gasteiger charge is 2.19. The van der Waals surface area contributed by atoms with E-state index < -0.39 is 0 Å². The molecule has 5 heteroatoms. The number of halogens is 1. The van der Waals surface area contributed by atoms with Crippen LogP contribution in [0.25, 0.3) is 0 Å². The molecular weight excluding hydrogens is 263 g/mol. The van der Waals surface area contributed by atoms with Crippen molar-refractivity contribution >= 4 is 23.1 Å². The predicted octanol–water partition coefficient (Wildman–Crippen LogP) is 2.66. The number of nitrogens with two attached hydrogens (primary N) is 1. The summed E-state index contributed by atoms with van der Waals surface area (Å²) >= 11 is 4.82. The van der Waals surface area contributed by atoms with E-state index in [2.05, 4.69) is 0 Å². The fourth-order valence-corrected chi connectivity index (χ4v) is 1.81. The van der Waals surface area contributed by atoms with Crippen LogP contribution in [-0.4, -0.2) is 28.4 Å². The SMILES string of the molecule is Cc1ccc(C(=O)N(CCC(N)=S)C(C)C)cc1F. The van der Waals surface area contributed by atoms with Gasteiger partial charge in [-0.15, -0.1) is 0 Å². The Bertz CT molecular complexity index is 488. The molecular formula is C14H19FN2OS. The summed E-state index contributed by atoms with van der Waals surface area (Å²) in [4.78, 5) is 14.3. The average molecular weight is 282 g/mol. The Labute approximate surface area is 118 Å². The maximum absolute atomic E-state index is 13.5. The monoisotopic (exact) mass is 282 g/mol. The minimum absolute atomic E-state index is 0.00575. The van der Waals surface area contributed by atoms with Gasteiger partial charge in [0.05, 0.1) is 4.99 Å². The van der Waals surface area contributed by atoms with E-state index in [1.165, 1.54) is 6.07 Å². The number of amides is 1. The van der Waals surface area contributed by atoms with Crippen LogP contribution in [0.15, 0.2) is 18.2 Å². The number of hydrogen-bond acceptors (Lipinski definition) is 2. The van der Waals surface area contributed by atoms with Crippen LogP contribution in [0.4, 0.5) is 4.39 Å². The van der Waals surface area contributed by atoms with Gasteiger partial charge in [-0.2, -0.15) is 0 Å². The lowest BCUT2D eigenvalue weighted by molar-refractivity contribution is 0.0711. The summed E-state index contributed by atoms with van der Waals surface area (Å²) in [6.45, 7) is 5.92. The zero-order chi connectivity index (χ0) is 14.6. The molecule has 0 heterocycles. The standard InChI is InChI=1S/C14H19FN2OS/c1-9(2)17(7-6-13(16)19)14(18)11-5-4-10(3)12(15)8-11/h4-5,8-9H,6-7H2,1-3H3,(H2,16,19). The van der Waals surface area contributed by atoms with E-state index >= 15 is 0 Å². The second-order valence-corrected chi connectivity index (χ2v) is 5.30. The van der Waals surface area contributed by atoms with Crippen molar-refractivity contribution in [1.82, 2.24) is 4.90 Å². The summed E-state index contributed by atoms with van der Waals surface area (Å²) in [5, 5.41) is 0. The van der Waals surface area contributed by atoms with Crippen LogP contribution in [-0.2, 0) is 0 Å². The molecule has 2 N–H and O–H groups in total. The van der Waals surface area contributed by atoms with Gasteiger partial charge in [0, 0.05) is 24.6 Å². The summed E-state index contributed by atoms with van der Waals surface area (Å²) < 4.78 is 13.5. The second-order valence-electron chi connectivity index (χ2n) is 4.77. The quantitative estimate of drug-likeness (QED) is 0.845. The highest BCUT2D eigenvalue weighted by atomic mass is 32.1. The van der Waals surface area contributed by atoms with Gasteiger partial charge in [-0.3, -0.25) is 4.79 Å². The molecule has 0 unspecified atom stereocenters. The van der Waals surface area contributed by atoms with Gasteiger partial charge in [-0.05, 0) is 38.5 Å². The first kappa shape index (κ1) is 15.6. The minimum Gasteiger partial charge on any atom is -0.393 e. The molecule has 0 spiro atoms. The molecule has 104 valence electrons. The van der Waals surface area contributed by atoms with E-state index in [-0.39, 0.29) is 17.8 Å². The zero-order valence-corrected chi connectivity index (χ0v) is 12.3. The summed E-state index contributed by atoms with van der Waals surface area (Å²) in [6.07, 6.45) is 0.466. The molecule has 1 aromatic carbocycles. The van der Waals surface area contributed by atoms with Crippen LogP contribution in [0.3, 0.4) is 0 Å². The first-order valence-corrected chi connectivity index (χ1v) is 6.59. The number of carbonyl (C=O) groups excluding carboxylic acids is 1. The Morgan fingerprint density at radius 2 is 2.11 bits per heavy atom. The fraction of sp³-hybridized carbons (Fsp3) is 0.429. The maximum atomic E-state index is 13.5. The Kier molecular flexibility index (Phi) is 5.42. The first-order chi connectivity index (χ1) is 8.82. The number of rotatable bonds is 5. The molecule has 19 heavy (non-hydrogen) atoms. The zero-order valence-electron chi connectivity index (χ0n) is 11.4. The van der Waals surface area contributed by atoms with Crippen LogP contribution in [0.1, 0.15) is 36.2 Å². The van der Waals surface area contributed by atoms with Crippen molar-refractivity contribution in [3.63, 3.8) is 0 Å². The molecule has 1 amide bonds. The number of thiocarbonyl (C=S) groups is 1. The van der Waals surface area contributed by atoms with Crippen LogP contribution in [0.2, 0.25) is 0 Å². The predicted molar refractivity (Wildman–Crippen MR) is 78.7 cm³/mol. The molecule has 0 aromatic heterocycles. The Morgan fingerprint density at radius 3 is 2.58 bits per heavy atom. The number of benzene rings is 1. The largest absolute Gasteiger partial charge is 0.393 e. The number of carbonyl (C=O) groups is 1. The summed E-state index contributed by atoms with van der Waals surface area (Å²) in [5.74, 6) is -0.575. The second kappa shape index (κ2) is 6.61. The fourth-order valence-electron chi connectivity index (χ4n) is 1.72. The molecule has 0 bridgehead atoms. The minimum atomic E-state index is -0.371. The third-order valence-corrected chi connectivity index (χ3v) is 3.11. The molecule has 0 atom stereocenters. The molecule has 0 saturated carbocycles. The van der Waals surface area contributed by atoms with Crippen molar-refractivity contribution < 1.29 is 9.18 Å². The maximum Gasteiger partial charge on any atom is 0.254 e. The lowest BCUT2D eigenvalue weighted by Crippen LogP contribution is -2.39. The first-order valence-electron chi connectivity index (χ1n) is 6.18. The average Bonchev–Trinajstić information content (AvgIpc) is 2.31. The highest BCUT2D eigenvalue weighted by molar-refractivity contribution is 7.80. The van der Waals surface area contributed by atoms with Gasteiger partial charge >= 0.3 is 0 Å². The van der Waals surface area contributed by atoms with E-state index in [0.717, 1.165) is 0 Å². The van der Waals surface area contributed by atoms with E-state index in [1.807, 2.05) is 13.8 Å². The summed E-state index contributed by atoms with van der Waals surface area (Å²) in [5.41, 5.74) is 6.33. The molecule has 1 aromatic rings. The number of nitrogens with zero attached hydrogens (tertiary/aromatic N) is 1. The van der Waals surface area contributed by atoms with E-state index in [0.29, 0.717) is 29.1 Å². The Balaban J connectivity index is 2.92. The lowest BCUT2D eigenvalue weighted by atomic mass is 10.1. The van der Waals surface area contributed by atoms with Gasteiger partial charge in [0.25, 0.3) is 5.91 Å². The molecule has 0 aliphatic rings. The van der Waals surface area contributed by atoms with Crippen molar-refractivity contribution in [1.29, 1.82) is 0 Å².